The predicted octanol–water partition coefficient (Wildman–Crippen LogP) is 7.68. The van der Waals surface area contributed by atoms with Gasteiger partial charge in [-0.2, -0.15) is 0 Å². The highest BCUT2D eigenvalue weighted by Gasteiger charge is 2.25. The minimum Gasteiger partial charge on any atom is -0.464 e. The summed E-state index contributed by atoms with van der Waals surface area (Å²) in [6.45, 7) is 3.39. The number of furan rings is 1. The average molecular weight is 449 g/mol. The number of likely N-dealkylation sites (tertiary alicyclic amines) is 1. The van der Waals surface area contributed by atoms with Gasteiger partial charge in [-0.3, -0.25) is 4.98 Å². The van der Waals surface area contributed by atoms with Crippen LogP contribution in [0.2, 0.25) is 0 Å². The highest BCUT2D eigenvalue weighted by molar-refractivity contribution is 5.81. The highest BCUT2D eigenvalue weighted by atomic mass is 19.1. The lowest BCUT2D eigenvalue weighted by Crippen LogP contribution is -2.27. The number of benzene rings is 1. The maximum atomic E-state index is 14.1. The van der Waals surface area contributed by atoms with Crippen molar-refractivity contribution in [2.75, 3.05) is 19.6 Å². The van der Waals surface area contributed by atoms with Crippen LogP contribution in [0.15, 0.2) is 53.3 Å². The molecule has 1 aliphatic heterocycles. The van der Waals surface area contributed by atoms with Crippen LogP contribution >= 0.6 is 0 Å². The van der Waals surface area contributed by atoms with E-state index in [4.69, 9.17) is 9.40 Å². The standard InChI is InChI=1S/C29H37FN2O/c30-27-12-11-25(29-26(27)15-20-33-29)23-9-6-17-32(18-13-23)19-14-24(28-10-4-5-16-31-28)21-22-7-2-1-3-8-22/h4-5,10-12,15-16,20,22-24H,1-3,6-9,13-14,17-19,21H2. The molecule has 3 nitrogen and oxygen atoms in total. The molecule has 1 saturated heterocycles. The van der Waals surface area contributed by atoms with E-state index in [0.29, 0.717) is 17.2 Å². The van der Waals surface area contributed by atoms with Gasteiger partial charge in [-0.15, -0.1) is 0 Å². The van der Waals surface area contributed by atoms with E-state index in [2.05, 4.69) is 17.0 Å². The molecule has 0 radical (unpaired) electrons. The highest BCUT2D eigenvalue weighted by Crippen LogP contribution is 2.36. The average Bonchev–Trinajstić information content (AvgIpc) is 3.24. The van der Waals surface area contributed by atoms with Crippen molar-refractivity contribution in [1.82, 2.24) is 9.88 Å². The molecule has 2 aliphatic rings. The Balaban J connectivity index is 1.21. The zero-order valence-electron chi connectivity index (χ0n) is 19.7. The van der Waals surface area contributed by atoms with E-state index < -0.39 is 0 Å². The van der Waals surface area contributed by atoms with Gasteiger partial charge in [-0.05, 0) is 93.4 Å². The van der Waals surface area contributed by atoms with Gasteiger partial charge in [-0.25, -0.2) is 4.39 Å². The smallest absolute Gasteiger partial charge is 0.140 e. The lowest BCUT2D eigenvalue weighted by Gasteiger charge is -2.28. The van der Waals surface area contributed by atoms with Crippen molar-refractivity contribution < 1.29 is 8.81 Å². The SMILES string of the molecule is Fc1ccc(C2CCCN(CCC(CC3CCCCC3)c3ccccn3)CC2)c2occc12. The molecule has 0 bridgehead atoms. The summed E-state index contributed by atoms with van der Waals surface area (Å²) in [6.07, 6.45) is 16.5. The Morgan fingerprint density at radius 3 is 2.73 bits per heavy atom. The quantitative estimate of drug-likeness (QED) is 0.371. The van der Waals surface area contributed by atoms with E-state index >= 15 is 0 Å². The summed E-state index contributed by atoms with van der Waals surface area (Å²) in [6, 6.07) is 11.7. The first-order chi connectivity index (χ1) is 16.3. The molecule has 2 unspecified atom stereocenters. The fourth-order valence-electron chi connectivity index (χ4n) is 6.23. The van der Waals surface area contributed by atoms with Crippen LogP contribution in [0.25, 0.3) is 11.0 Å². The van der Waals surface area contributed by atoms with Gasteiger partial charge < -0.3 is 9.32 Å². The zero-order valence-corrected chi connectivity index (χ0v) is 19.7. The fraction of sp³-hybridized carbons (Fsp3) is 0.552. The number of fused-ring (bicyclic) bond motifs is 1. The number of rotatable bonds is 7. The van der Waals surface area contributed by atoms with Crippen molar-refractivity contribution in [3.63, 3.8) is 0 Å². The third-order valence-corrected chi connectivity index (χ3v) is 8.10. The van der Waals surface area contributed by atoms with Gasteiger partial charge in [0.15, 0.2) is 0 Å². The number of pyridine rings is 1. The Hall–Kier alpha value is -2.20. The lowest BCUT2D eigenvalue weighted by atomic mass is 9.80. The first kappa shape index (κ1) is 22.6. The minimum absolute atomic E-state index is 0.184. The third-order valence-electron chi connectivity index (χ3n) is 8.10. The van der Waals surface area contributed by atoms with E-state index in [9.17, 15) is 4.39 Å². The summed E-state index contributed by atoms with van der Waals surface area (Å²) in [4.78, 5) is 7.40. The molecular weight excluding hydrogens is 411 g/mol. The summed E-state index contributed by atoms with van der Waals surface area (Å²) < 4.78 is 19.8. The third kappa shape index (κ3) is 5.48. The molecule has 1 aliphatic carbocycles. The van der Waals surface area contributed by atoms with Gasteiger partial charge in [0.05, 0.1) is 11.6 Å². The van der Waals surface area contributed by atoms with Gasteiger partial charge in [0.25, 0.3) is 0 Å². The van der Waals surface area contributed by atoms with Crippen LogP contribution in [0.3, 0.4) is 0 Å². The predicted molar refractivity (Wildman–Crippen MR) is 132 cm³/mol. The Kier molecular flexibility index (Phi) is 7.40. The summed E-state index contributed by atoms with van der Waals surface area (Å²) in [5, 5.41) is 0.620. The molecule has 2 fully saturated rings. The van der Waals surface area contributed by atoms with E-state index in [1.807, 2.05) is 18.3 Å². The Bertz CT molecular complexity index is 1010. The zero-order chi connectivity index (χ0) is 22.5. The second kappa shape index (κ2) is 10.8. The topological polar surface area (TPSA) is 29.3 Å². The maximum Gasteiger partial charge on any atom is 0.140 e. The summed E-state index contributed by atoms with van der Waals surface area (Å²) in [5.41, 5.74) is 3.21. The van der Waals surface area contributed by atoms with Crippen molar-refractivity contribution in [3.05, 3.63) is 65.9 Å². The molecule has 5 rings (SSSR count). The Morgan fingerprint density at radius 1 is 0.970 bits per heavy atom. The summed E-state index contributed by atoms with van der Waals surface area (Å²) >= 11 is 0. The second-order valence-corrected chi connectivity index (χ2v) is 10.2. The van der Waals surface area contributed by atoms with Crippen LogP contribution in [-0.4, -0.2) is 29.5 Å². The van der Waals surface area contributed by atoms with Crippen LogP contribution in [0.4, 0.5) is 4.39 Å². The van der Waals surface area contributed by atoms with Gasteiger partial charge in [0.2, 0.25) is 0 Å². The number of hydrogen-bond donors (Lipinski definition) is 0. The summed E-state index contributed by atoms with van der Waals surface area (Å²) in [7, 11) is 0. The molecule has 2 atom stereocenters. The van der Waals surface area contributed by atoms with Crippen molar-refractivity contribution in [3.8, 4) is 0 Å². The van der Waals surface area contributed by atoms with Crippen LogP contribution in [0.1, 0.15) is 87.3 Å². The molecule has 33 heavy (non-hydrogen) atoms. The summed E-state index contributed by atoms with van der Waals surface area (Å²) in [5.74, 6) is 1.69. The molecule has 1 aromatic carbocycles. The number of aromatic nitrogens is 1. The fourth-order valence-corrected chi connectivity index (χ4v) is 6.23. The monoisotopic (exact) mass is 448 g/mol. The van der Waals surface area contributed by atoms with Crippen molar-refractivity contribution >= 4 is 11.0 Å². The molecule has 3 heterocycles. The molecule has 2 aromatic heterocycles. The Morgan fingerprint density at radius 2 is 1.88 bits per heavy atom. The van der Waals surface area contributed by atoms with Crippen molar-refractivity contribution in [1.29, 1.82) is 0 Å². The Labute approximate surface area is 197 Å². The molecule has 0 spiro atoms. The maximum absolute atomic E-state index is 14.1. The second-order valence-electron chi connectivity index (χ2n) is 10.2. The molecule has 176 valence electrons. The van der Waals surface area contributed by atoms with E-state index in [-0.39, 0.29) is 5.82 Å². The number of nitrogens with zero attached hydrogens (tertiary/aromatic N) is 2. The van der Waals surface area contributed by atoms with Gasteiger partial charge in [0.1, 0.15) is 11.4 Å². The van der Waals surface area contributed by atoms with Crippen LogP contribution in [0, 0.1) is 11.7 Å². The number of halogens is 1. The molecule has 0 amide bonds. The van der Waals surface area contributed by atoms with Gasteiger partial charge in [0, 0.05) is 17.8 Å². The molecule has 0 N–H and O–H groups in total. The normalized spacial score (nSPS) is 21.8. The molecule has 4 heteroatoms. The number of hydrogen-bond acceptors (Lipinski definition) is 3. The molecule has 1 saturated carbocycles. The lowest BCUT2D eigenvalue weighted by molar-refractivity contribution is 0.252. The van der Waals surface area contributed by atoms with Crippen molar-refractivity contribution in [2.24, 2.45) is 5.92 Å². The van der Waals surface area contributed by atoms with Gasteiger partial charge in [-0.1, -0.05) is 44.2 Å². The van der Waals surface area contributed by atoms with Crippen molar-refractivity contribution in [2.45, 2.75) is 76.0 Å². The van der Waals surface area contributed by atoms with Crippen LogP contribution < -0.4 is 0 Å². The first-order valence-corrected chi connectivity index (χ1v) is 13.1. The van der Waals surface area contributed by atoms with E-state index in [1.165, 1.54) is 62.6 Å². The van der Waals surface area contributed by atoms with Crippen LogP contribution in [-0.2, 0) is 0 Å². The first-order valence-electron chi connectivity index (χ1n) is 13.1. The van der Waals surface area contributed by atoms with Gasteiger partial charge >= 0.3 is 0 Å². The van der Waals surface area contributed by atoms with E-state index in [0.717, 1.165) is 44.0 Å². The van der Waals surface area contributed by atoms with E-state index in [1.54, 1.807) is 18.4 Å². The molecular formula is C29H37FN2O. The molecule has 3 aromatic rings. The van der Waals surface area contributed by atoms with Crippen LogP contribution in [0.5, 0.6) is 0 Å². The minimum atomic E-state index is -0.184. The largest absolute Gasteiger partial charge is 0.464 e.